The van der Waals surface area contributed by atoms with Crippen molar-refractivity contribution in [3.63, 3.8) is 0 Å². The van der Waals surface area contributed by atoms with Crippen molar-refractivity contribution in [1.82, 2.24) is 0 Å². The van der Waals surface area contributed by atoms with E-state index in [1.54, 1.807) is 0 Å². The highest BCUT2D eigenvalue weighted by Gasteiger charge is 2.09. The van der Waals surface area contributed by atoms with Crippen LogP contribution in [0.4, 0.5) is 0 Å². The highest BCUT2D eigenvalue weighted by atomic mass is 16.1. The predicted molar refractivity (Wildman–Crippen MR) is 67.4 cm³/mol. The van der Waals surface area contributed by atoms with E-state index in [1.807, 2.05) is 0 Å². The smallest absolute Gasteiger partial charge is 0.120 e. The molecule has 0 aromatic heterocycles. The van der Waals surface area contributed by atoms with Crippen LogP contribution in [-0.4, -0.2) is 6.29 Å². The molecule has 1 aliphatic rings. The molecule has 0 heterocycles. The van der Waals surface area contributed by atoms with Crippen LogP contribution in [0.3, 0.4) is 0 Å². The third kappa shape index (κ3) is 2.60. The number of fused-ring (bicyclic) bond motifs is 1. The van der Waals surface area contributed by atoms with Gasteiger partial charge in [-0.15, -0.1) is 0 Å². The van der Waals surface area contributed by atoms with Crippen LogP contribution in [0.5, 0.6) is 0 Å². The lowest BCUT2D eigenvalue weighted by molar-refractivity contribution is -0.107. The van der Waals surface area contributed by atoms with Crippen molar-refractivity contribution in [2.45, 2.75) is 39.0 Å². The molecule has 0 aliphatic heterocycles. The number of benzene rings is 1. The fourth-order valence-corrected chi connectivity index (χ4v) is 2.32. The molecule has 1 aliphatic carbocycles. The maximum absolute atomic E-state index is 10.3. The van der Waals surface area contributed by atoms with Crippen molar-refractivity contribution in [2.24, 2.45) is 0 Å². The second-order valence-electron chi connectivity index (χ2n) is 4.58. The molecule has 0 N–H and O–H groups in total. The Morgan fingerprint density at radius 2 is 2.12 bits per heavy atom. The highest BCUT2D eigenvalue weighted by Crippen LogP contribution is 2.24. The number of carbonyl (C=O) groups excluding carboxylic acids is 1. The summed E-state index contributed by atoms with van der Waals surface area (Å²) in [4.78, 5) is 10.3. The van der Waals surface area contributed by atoms with Crippen LogP contribution in [0.25, 0.3) is 6.08 Å². The molecule has 0 radical (unpaired) electrons. The first kappa shape index (κ1) is 11.1. The summed E-state index contributed by atoms with van der Waals surface area (Å²) in [6.45, 7) is 2.09. The fourth-order valence-electron chi connectivity index (χ4n) is 2.32. The number of carbonyl (C=O) groups is 1. The molecule has 0 saturated heterocycles. The molecule has 84 valence electrons. The minimum absolute atomic E-state index is 0.632. The van der Waals surface area contributed by atoms with E-state index >= 15 is 0 Å². The second kappa shape index (κ2) is 5.11. The van der Waals surface area contributed by atoms with Crippen molar-refractivity contribution in [3.8, 4) is 0 Å². The number of hydrogen-bond donors (Lipinski definition) is 0. The standard InChI is InChI=1S/C15H18O/c1-12(4-3-9-16)10-13-7-8-14-5-2-6-15(14)11-13/h7-11H,2-6H2,1H3. The summed E-state index contributed by atoms with van der Waals surface area (Å²) in [5.74, 6) is 0. The third-order valence-electron chi connectivity index (χ3n) is 3.19. The maximum Gasteiger partial charge on any atom is 0.120 e. The average molecular weight is 214 g/mol. The third-order valence-corrected chi connectivity index (χ3v) is 3.19. The van der Waals surface area contributed by atoms with Gasteiger partial charge in [-0.1, -0.05) is 29.8 Å². The van der Waals surface area contributed by atoms with Crippen molar-refractivity contribution < 1.29 is 4.79 Å². The zero-order valence-electron chi connectivity index (χ0n) is 9.83. The Labute approximate surface area is 97.2 Å². The van der Waals surface area contributed by atoms with Gasteiger partial charge in [0, 0.05) is 6.42 Å². The maximum atomic E-state index is 10.3. The average Bonchev–Trinajstić information content (AvgIpc) is 2.73. The van der Waals surface area contributed by atoms with Gasteiger partial charge in [0.25, 0.3) is 0 Å². The van der Waals surface area contributed by atoms with Crippen molar-refractivity contribution >= 4 is 12.4 Å². The van der Waals surface area contributed by atoms with Crippen molar-refractivity contribution in [3.05, 3.63) is 40.5 Å². The summed E-state index contributed by atoms with van der Waals surface area (Å²) in [6, 6.07) is 6.74. The monoisotopic (exact) mass is 214 g/mol. The van der Waals surface area contributed by atoms with Crippen molar-refractivity contribution in [1.29, 1.82) is 0 Å². The topological polar surface area (TPSA) is 17.1 Å². The van der Waals surface area contributed by atoms with Crippen LogP contribution < -0.4 is 0 Å². The number of hydrogen-bond acceptors (Lipinski definition) is 1. The summed E-state index contributed by atoms with van der Waals surface area (Å²) in [6.07, 6.45) is 8.45. The zero-order chi connectivity index (χ0) is 11.4. The van der Waals surface area contributed by atoms with Crippen LogP contribution >= 0.6 is 0 Å². The fraction of sp³-hybridized carbons (Fsp3) is 0.400. The number of aryl methyl sites for hydroxylation is 2. The van der Waals surface area contributed by atoms with Gasteiger partial charge >= 0.3 is 0 Å². The first-order chi connectivity index (χ1) is 7.79. The number of allylic oxidation sites excluding steroid dienone is 1. The minimum Gasteiger partial charge on any atom is -0.303 e. The Hall–Kier alpha value is -1.37. The van der Waals surface area contributed by atoms with Gasteiger partial charge in [-0.2, -0.15) is 0 Å². The molecule has 0 unspecified atom stereocenters. The van der Waals surface area contributed by atoms with E-state index in [9.17, 15) is 4.79 Å². The number of aldehydes is 1. The van der Waals surface area contributed by atoms with Gasteiger partial charge in [0.05, 0.1) is 0 Å². The molecule has 0 spiro atoms. The predicted octanol–water partition coefficient (Wildman–Crippen LogP) is 3.56. The molecule has 0 fully saturated rings. The highest BCUT2D eigenvalue weighted by molar-refractivity contribution is 5.57. The molecular weight excluding hydrogens is 196 g/mol. The first-order valence-corrected chi connectivity index (χ1v) is 6.02. The lowest BCUT2D eigenvalue weighted by atomic mass is 10.0. The van der Waals surface area contributed by atoms with E-state index in [2.05, 4.69) is 31.2 Å². The Balaban J connectivity index is 2.12. The SMILES string of the molecule is CC(=Cc1ccc2c(c1)CCC2)CCC=O. The largest absolute Gasteiger partial charge is 0.303 e. The van der Waals surface area contributed by atoms with E-state index in [-0.39, 0.29) is 0 Å². The Kier molecular flexibility index (Phi) is 3.55. The van der Waals surface area contributed by atoms with E-state index in [4.69, 9.17) is 0 Å². The van der Waals surface area contributed by atoms with Gasteiger partial charge in [-0.3, -0.25) is 0 Å². The summed E-state index contributed by atoms with van der Waals surface area (Å²) in [7, 11) is 0. The quantitative estimate of drug-likeness (QED) is 0.700. The van der Waals surface area contributed by atoms with Gasteiger partial charge in [-0.05, 0) is 49.3 Å². The zero-order valence-corrected chi connectivity index (χ0v) is 9.83. The molecule has 1 aromatic carbocycles. The van der Waals surface area contributed by atoms with Gasteiger partial charge < -0.3 is 4.79 Å². The molecule has 1 heteroatoms. The summed E-state index contributed by atoms with van der Waals surface area (Å²) >= 11 is 0. The molecule has 0 atom stereocenters. The van der Waals surface area contributed by atoms with Gasteiger partial charge in [0.15, 0.2) is 0 Å². The van der Waals surface area contributed by atoms with Crippen molar-refractivity contribution in [2.75, 3.05) is 0 Å². The van der Waals surface area contributed by atoms with Crippen LogP contribution in [0, 0.1) is 0 Å². The van der Waals surface area contributed by atoms with Gasteiger partial charge in [0.2, 0.25) is 0 Å². The van der Waals surface area contributed by atoms with Crippen LogP contribution in [0.2, 0.25) is 0 Å². The molecule has 0 amide bonds. The van der Waals surface area contributed by atoms with Gasteiger partial charge in [0.1, 0.15) is 6.29 Å². The first-order valence-electron chi connectivity index (χ1n) is 6.02. The normalized spacial score (nSPS) is 14.9. The van der Waals surface area contributed by atoms with E-state index in [1.165, 1.54) is 41.5 Å². The molecule has 1 nitrogen and oxygen atoms in total. The minimum atomic E-state index is 0.632. The lowest BCUT2D eigenvalue weighted by Crippen LogP contribution is -1.85. The molecule has 0 bridgehead atoms. The van der Waals surface area contributed by atoms with Crippen LogP contribution in [-0.2, 0) is 17.6 Å². The summed E-state index contributed by atoms with van der Waals surface area (Å²) in [5, 5.41) is 0. The molecule has 1 aromatic rings. The molecular formula is C15H18O. The van der Waals surface area contributed by atoms with E-state index in [0.717, 1.165) is 12.7 Å². The van der Waals surface area contributed by atoms with Crippen LogP contribution in [0.15, 0.2) is 23.8 Å². The van der Waals surface area contributed by atoms with Crippen LogP contribution in [0.1, 0.15) is 42.9 Å². The molecule has 0 saturated carbocycles. The Morgan fingerprint density at radius 3 is 2.94 bits per heavy atom. The second-order valence-corrected chi connectivity index (χ2v) is 4.58. The summed E-state index contributed by atoms with van der Waals surface area (Å²) < 4.78 is 0. The van der Waals surface area contributed by atoms with E-state index < -0.39 is 0 Å². The lowest BCUT2D eigenvalue weighted by Gasteiger charge is -2.02. The molecule has 16 heavy (non-hydrogen) atoms. The summed E-state index contributed by atoms with van der Waals surface area (Å²) in [5.41, 5.74) is 5.59. The number of rotatable bonds is 4. The van der Waals surface area contributed by atoms with E-state index in [0.29, 0.717) is 6.42 Å². The Bertz CT molecular complexity index is 415. The molecule has 2 rings (SSSR count). The Morgan fingerprint density at radius 1 is 1.31 bits per heavy atom. The van der Waals surface area contributed by atoms with Gasteiger partial charge in [-0.25, -0.2) is 0 Å².